The van der Waals surface area contributed by atoms with Gasteiger partial charge in [0.05, 0.1) is 6.54 Å². The van der Waals surface area contributed by atoms with Crippen LogP contribution in [0.3, 0.4) is 0 Å². The highest BCUT2D eigenvalue weighted by atomic mass is 32.1. The Morgan fingerprint density at radius 3 is 3.00 bits per heavy atom. The predicted molar refractivity (Wildman–Crippen MR) is 56.5 cm³/mol. The molecule has 0 amide bonds. The van der Waals surface area contributed by atoms with Crippen molar-refractivity contribution in [2.45, 2.75) is 6.54 Å². The molecule has 0 aliphatic heterocycles. The van der Waals surface area contributed by atoms with Gasteiger partial charge in [0.15, 0.2) is 5.13 Å². The number of rotatable bonds is 3. The molecule has 0 saturated heterocycles. The third-order valence-corrected chi connectivity index (χ3v) is 2.78. The van der Waals surface area contributed by atoms with Crippen LogP contribution in [0.1, 0.15) is 4.88 Å². The first kappa shape index (κ1) is 9.87. The van der Waals surface area contributed by atoms with Crippen LogP contribution in [0, 0.1) is 0 Å². The average Bonchev–Trinajstić information content (AvgIpc) is 2.80. The van der Waals surface area contributed by atoms with Gasteiger partial charge in [0, 0.05) is 18.1 Å². The molecule has 2 heterocycles. The lowest BCUT2D eigenvalue weighted by atomic mass is 10.5. The second kappa shape index (κ2) is 3.83. The van der Waals surface area contributed by atoms with Gasteiger partial charge in [-0.25, -0.2) is 20.3 Å². The van der Waals surface area contributed by atoms with Crippen molar-refractivity contribution in [1.29, 1.82) is 0 Å². The molecule has 3 N–H and O–H groups in total. The molecule has 15 heavy (non-hydrogen) atoms. The Hall–Kier alpha value is -1.67. The molecule has 0 aliphatic carbocycles. The number of nitrogens with zero attached hydrogens (tertiary/aromatic N) is 4. The summed E-state index contributed by atoms with van der Waals surface area (Å²) in [6.07, 6.45) is 3.15. The monoisotopic (exact) mass is 226 g/mol. The zero-order valence-corrected chi connectivity index (χ0v) is 8.86. The number of anilines is 1. The van der Waals surface area contributed by atoms with Crippen LogP contribution >= 0.6 is 11.3 Å². The van der Waals surface area contributed by atoms with Crippen LogP contribution in [0.25, 0.3) is 0 Å². The van der Waals surface area contributed by atoms with Gasteiger partial charge in [-0.05, 0) is 0 Å². The Morgan fingerprint density at radius 2 is 2.47 bits per heavy atom. The first-order valence-electron chi connectivity index (χ1n) is 4.20. The molecule has 80 valence electrons. The number of nitrogens with one attached hydrogen (secondary N) is 1. The lowest BCUT2D eigenvalue weighted by molar-refractivity contribution is 0.652. The van der Waals surface area contributed by atoms with Crippen molar-refractivity contribution in [2.24, 2.45) is 12.9 Å². The molecule has 7 nitrogen and oxygen atoms in total. The molecular weight excluding hydrogens is 216 g/mol. The number of thiazole rings is 1. The lowest BCUT2D eigenvalue weighted by Gasteiger charge is -1.94. The number of hydrogen-bond donors (Lipinski definition) is 2. The molecular formula is C7H10N6OS. The number of hydrazine groups is 1. The smallest absolute Gasteiger partial charge is 0.300 e. The maximum Gasteiger partial charge on any atom is 0.345 e. The fourth-order valence-electron chi connectivity index (χ4n) is 1.12. The Kier molecular flexibility index (Phi) is 2.52. The standard InChI is InChI=1S/C7H10N6OS/c1-12-4-10-13(7(12)14)3-5-2-9-6(11-8)15-5/h2,4H,3,8H2,1H3,(H,9,11). The van der Waals surface area contributed by atoms with Gasteiger partial charge in [-0.1, -0.05) is 11.3 Å². The van der Waals surface area contributed by atoms with Crippen molar-refractivity contribution < 1.29 is 0 Å². The molecule has 0 unspecified atom stereocenters. The van der Waals surface area contributed by atoms with Gasteiger partial charge in [-0.2, -0.15) is 5.10 Å². The van der Waals surface area contributed by atoms with E-state index in [1.54, 1.807) is 13.2 Å². The fourth-order valence-corrected chi connectivity index (χ4v) is 1.83. The average molecular weight is 226 g/mol. The first-order chi connectivity index (χ1) is 7.20. The zero-order valence-electron chi connectivity index (χ0n) is 8.04. The van der Waals surface area contributed by atoms with E-state index in [2.05, 4.69) is 15.5 Å². The lowest BCUT2D eigenvalue weighted by Crippen LogP contribution is -2.23. The van der Waals surface area contributed by atoms with Gasteiger partial charge in [-0.15, -0.1) is 0 Å². The summed E-state index contributed by atoms with van der Waals surface area (Å²) in [5.41, 5.74) is 2.30. The maximum atomic E-state index is 11.5. The van der Waals surface area contributed by atoms with Crippen molar-refractivity contribution in [1.82, 2.24) is 19.3 Å². The topological polar surface area (TPSA) is 90.8 Å². The summed E-state index contributed by atoms with van der Waals surface area (Å²) in [5.74, 6) is 5.20. The fraction of sp³-hybridized carbons (Fsp3) is 0.286. The van der Waals surface area contributed by atoms with Gasteiger partial charge < -0.3 is 0 Å². The third kappa shape index (κ3) is 1.90. The molecule has 0 fully saturated rings. The van der Waals surface area contributed by atoms with E-state index < -0.39 is 0 Å². The van der Waals surface area contributed by atoms with Crippen LogP contribution in [0.5, 0.6) is 0 Å². The highest BCUT2D eigenvalue weighted by Crippen LogP contribution is 2.16. The van der Waals surface area contributed by atoms with E-state index in [0.29, 0.717) is 11.7 Å². The van der Waals surface area contributed by atoms with E-state index in [1.165, 1.54) is 26.9 Å². The number of nitrogens with two attached hydrogens (primary N) is 1. The molecule has 0 atom stereocenters. The largest absolute Gasteiger partial charge is 0.345 e. The van der Waals surface area contributed by atoms with Crippen molar-refractivity contribution in [3.05, 3.63) is 27.9 Å². The molecule has 0 bridgehead atoms. The molecule has 2 aromatic rings. The normalized spacial score (nSPS) is 10.5. The van der Waals surface area contributed by atoms with E-state index in [4.69, 9.17) is 5.84 Å². The molecule has 0 aliphatic rings. The minimum Gasteiger partial charge on any atom is -0.300 e. The summed E-state index contributed by atoms with van der Waals surface area (Å²) in [4.78, 5) is 16.4. The number of aromatic nitrogens is 4. The van der Waals surface area contributed by atoms with Crippen LogP contribution in [0.4, 0.5) is 5.13 Å². The Bertz CT molecular complexity index is 512. The highest BCUT2D eigenvalue weighted by Gasteiger charge is 2.05. The van der Waals surface area contributed by atoms with E-state index >= 15 is 0 Å². The number of hydrogen-bond acceptors (Lipinski definition) is 6. The summed E-state index contributed by atoms with van der Waals surface area (Å²) in [6, 6.07) is 0. The van der Waals surface area contributed by atoms with Crippen molar-refractivity contribution in [3.8, 4) is 0 Å². The Balaban J connectivity index is 2.22. The first-order valence-corrected chi connectivity index (χ1v) is 5.02. The second-order valence-corrected chi connectivity index (χ2v) is 4.07. The predicted octanol–water partition coefficient (Wildman–Crippen LogP) is -0.628. The molecule has 0 saturated carbocycles. The van der Waals surface area contributed by atoms with Crippen LogP contribution in [-0.4, -0.2) is 19.3 Å². The van der Waals surface area contributed by atoms with E-state index in [1.807, 2.05) is 0 Å². The van der Waals surface area contributed by atoms with Gasteiger partial charge in [0.25, 0.3) is 0 Å². The Morgan fingerprint density at radius 1 is 1.67 bits per heavy atom. The summed E-state index contributed by atoms with van der Waals surface area (Å²) >= 11 is 1.39. The molecule has 8 heteroatoms. The van der Waals surface area contributed by atoms with Gasteiger partial charge in [-0.3, -0.25) is 9.99 Å². The van der Waals surface area contributed by atoms with Crippen molar-refractivity contribution in [3.63, 3.8) is 0 Å². The summed E-state index contributed by atoms with van der Waals surface area (Å²) < 4.78 is 2.79. The number of nitrogen functional groups attached to an aromatic ring is 1. The van der Waals surface area contributed by atoms with Gasteiger partial charge in [0.1, 0.15) is 6.33 Å². The van der Waals surface area contributed by atoms with Crippen LogP contribution < -0.4 is 17.0 Å². The number of aryl methyl sites for hydroxylation is 1. The SMILES string of the molecule is Cn1cnn(Cc2cnc(NN)s2)c1=O. The van der Waals surface area contributed by atoms with Crippen LogP contribution in [0.15, 0.2) is 17.3 Å². The van der Waals surface area contributed by atoms with Crippen molar-refractivity contribution >= 4 is 16.5 Å². The van der Waals surface area contributed by atoms with Crippen LogP contribution in [-0.2, 0) is 13.6 Å². The van der Waals surface area contributed by atoms with Crippen molar-refractivity contribution in [2.75, 3.05) is 5.43 Å². The van der Waals surface area contributed by atoms with E-state index in [-0.39, 0.29) is 5.69 Å². The molecule has 2 aromatic heterocycles. The third-order valence-electron chi connectivity index (χ3n) is 1.87. The quantitative estimate of drug-likeness (QED) is 0.537. The molecule has 0 spiro atoms. The minimum absolute atomic E-state index is 0.148. The summed E-state index contributed by atoms with van der Waals surface area (Å²) in [5, 5.41) is 4.56. The molecule has 2 rings (SSSR count). The minimum atomic E-state index is -0.148. The summed E-state index contributed by atoms with van der Waals surface area (Å²) in [6.45, 7) is 0.416. The molecule has 0 aromatic carbocycles. The zero-order chi connectivity index (χ0) is 10.8. The van der Waals surface area contributed by atoms with E-state index in [0.717, 1.165) is 4.88 Å². The summed E-state index contributed by atoms with van der Waals surface area (Å²) in [7, 11) is 1.66. The Labute approximate surface area is 89.1 Å². The van der Waals surface area contributed by atoms with Gasteiger partial charge in [0.2, 0.25) is 0 Å². The molecule has 0 radical (unpaired) electrons. The van der Waals surface area contributed by atoms with Gasteiger partial charge >= 0.3 is 5.69 Å². The van der Waals surface area contributed by atoms with E-state index in [9.17, 15) is 4.79 Å². The maximum absolute atomic E-state index is 11.5. The van der Waals surface area contributed by atoms with Crippen LogP contribution in [0.2, 0.25) is 0 Å². The highest BCUT2D eigenvalue weighted by molar-refractivity contribution is 7.15. The second-order valence-electron chi connectivity index (χ2n) is 2.96.